The number of benzene rings is 2. The molecule has 1 aliphatic heterocycles. The summed E-state index contributed by atoms with van der Waals surface area (Å²) in [7, 11) is 0. The Kier molecular flexibility index (Phi) is 6.39. The van der Waals surface area contributed by atoms with Crippen LogP contribution in [0.3, 0.4) is 0 Å². The first-order valence-electron chi connectivity index (χ1n) is 10.8. The Morgan fingerprint density at radius 1 is 1.12 bits per heavy atom. The summed E-state index contributed by atoms with van der Waals surface area (Å²) in [6, 6.07) is 17.4. The summed E-state index contributed by atoms with van der Waals surface area (Å²) < 4.78 is 0. The fourth-order valence-corrected chi connectivity index (χ4v) is 3.85. The van der Waals surface area contributed by atoms with Crippen molar-refractivity contribution < 1.29 is 9.59 Å². The molecule has 2 aromatic carbocycles. The molecule has 32 heavy (non-hydrogen) atoms. The fraction of sp³-hybridized carbons (Fsp3) is 0.292. The monoisotopic (exact) mass is 432 g/mol. The number of H-pyrrole nitrogens is 1. The Balaban J connectivity index is 1.24. The normalized spacial score (nSPS) is 14.2. The minimum absolute atomic E-state index is 0.0429. The van der Waals surface area contributed by atoms with E-state index in [1.54, 1.807) is 11.0 Å². The first kappa shape index (κ1) is 21.4. The lowest BCUT2D eigenvalue weighted by molar-refractivity contribution is -0.131. The molecule has 8 nitrogen and oxygen atoms in total. The maximum Gasteiger partial charge on any atom is 0.272 e. The molecule has 8 heteroatoms. The van der Waals surface area contributed by atoms with E-state index in [0.29, 0.717) is 13.1 Å². The van der Waals surface area contributed by atoms with Gasteiger partial charge in [0.15, 0.2) is 5.69 Å². The van der Waals surface area contributed by atoms with Gasteiger partial charge in [-0.3, -0.25) is 14.7 Å². The van der Waals surface area contributed by atoms with Crippen LogP contribution in [0.5, 0.6) is 0 Å². The lowest BCUT2D eigenvalue weighted by Gasteiger charge is -2.33. The van der Waals surface area contributed by atoms with Crippen LogP contribution in [-0.2, 0) is 4.79 Å². The second-order valence-electron chi connectivity index (χ2n) is 8.09. The predicted molar refractivity (Wildman–Crippen MR) is 125 cm³/mol. The molecular weight excluding hydrogens is 404 g/mol. The molecule has 4 rings (SSSR count). The minimum Gasteiger partial charge on any atom is -0.399 e. The SMILES string of the molecule is Cc1ccc(N)cc1NC1CCN(C(=O)CNC(=O)c2cc(-c3ccccc3)[nH]n2)CC1. The van der Waals surface area contributed by atoms with Crippen molar-refractivity contribution in [2.24, 2.45) is 0 Å². The number of nitrogens with one attached hydrogen (secondary N) is 3. The van der Waals surface area contributed by atoms with Gasteiger partial charge in [0, 0.05) is 30.5 Å². The number of aryl methyl sites for hydroxylation is 1. The molecule has 5 N–H and O–H groups in total. The van der Waals surface area contributed by atoms with Crippen molar-refractivity contribution in [2.75, 3.05) is 30.7 Å². The number of piperidine rings is 1. The molecule has 2 amide bonds. The van der Waals surface area contributed by atoms with Crippen LogP contribution >= 0.6 is 0 Å². The van der Waals surface area contributed by atoms with Crippen LogP contribution in [0.15, 0.2) is 54.6 Å². The Hall–Kier alpha value is -3.81. The van der Waals surface area contributed by atoms with Gasteiger partial charge in [0.1, 0.15) is 0 Å². The fourth-order valence-electron chi connectivity index (χ4n) is 3.85. The number of nitrogen functional groups attached to an aromatic ring is 1. The first-order valence-corrected chi connectivity index (χ1v) is 10.8. The van der Waals surface area contributed by atoms with E-state index < -0.39 is 0 Å². The number of carbonyl (C=O) groups is 2. The average Bonchev–Trinajstić information content (AvgIpc) is 3.31. The number of anilines is 2. The van der Waals surface area contributed by atoms with Crippen molar-refractivity contribution >= 4 is 23.2 Å². The summed E-state index contributed by atoms with van der Waals surface area (Å²) in [6.07, 6.45) is 1.68. The van der Waals surface area contributed by atoms with Gasteiger partial charge in [-0.25, -0.2) is 0 Å². The third kappa shape index (κ3) is 5.08. The number of hydrogen-bond donors (Lipinski definition) is 4. The van der Waals surface area contributed by atoms with Crippen molar-refractivity contribution in [1.82, 2.24) is 20.4 Å². The van der Waals surface area contributed by atoms with E-state index in [1.165, 1.54) is 0 Å². The predicted octanol–water partition coefficient (Wildman–Crippen LogP) is 2.80. The van der Waals surface area contributed by atoms with E-state index >= 15 is 0 Å². The highest BCUT2D eigenvalue weighted by Gasteiger charge is 2.23. The zero-order chi connectivity index (χ0) is 22.5. The van der Waals surface area contributed by atoms with Crippen LogP contribution in [0.2, 0.25) is 0 Å². The Morgan fingerprint density at radius 2 is 1.88 bits per heavy atom. The standard InChI is InChI=1S/C24H28N6O2/c1-16-7-8-18(25)13-20(16)27-19-9-11-30(12-10-19)23(31)15-26-24(32)22-14-21(28-29-22)17-5-3-2-4-6-17/h2-8,13-14,19,27H,9-12,15,25H2,1H3,(H,26,32)(H,28,29). The molecule has 1 fully saturated rings. The van der Waals surface area contributed by atoms with Gasteiger partial charge in [0.2, 0.25) is 5.91 Å². The van der Waals surface area contributed by atoms with Crippen LogP contribution < -0.4 is 16.4 Å². The summed E-state index contributed by atoms with van der Waals surface area (Å²) in [5.74, 6) is -0.457. The zero-order valence-corrected chi connectivity index (χ0v) is 18.1. The molecule has 1 saturated heterocycles. The third-order valence-corrected chi connectivity index (χ3v) is 5.76. The van der Waals surface area contributed by atoms with Crippen molar-refractivity contribution in [2.45, 2.75) is 25.8 Å². The quantitative estimate of drug-likeness (QED) is 0.447. The minimum atomic E-state index is -0.370. The number of aromatic amines is 1. The van der Waals surface area contributed by atoms with Gasteiger partial charge >= 0.3 is 0 Å². The van der Waals surface area contributed by atoms with Crippen LogP contribution in [0.4, 0.5) is 11.4 Å². The van der Waals surface area contributed by atoms with E-state index in [0.717, 1.165) is 41.0 Å². The van der Waals surface area contributed by atoms with Crippen LogP contribution in [-0.4, -0.2) is 52.6 Å². The maximum atomic E-state index is 12.6. The van der Waals surface area contributed by atoms with Crippen LogP contribution in [0, 0.1) is 6.92 Å². The second kappa shape index (κ2) is 9.55. The maximum absolute atomic E-state index is 12.6. The molecule has 0 saturated carbocycles. The molecule has 0 atom stereocenters. The lowest BCUT2D eigenvalue weighted by atomic mass is 10.0. The summed E-state index contributed by atoms with van der Waals surface area (Å²) in [4.78, 5) is 26.8. The summed E-state index contributed by atoms with van der Waals surface area (Å²) in [5.41, 5.74) is 10.8. The van der Waals surface area contributed by atoms with Crippen LogP contribution in [0.1, 0.15) is 28.9 Å². The van der Waals surface area contributed by atoms with Gasteiger partial charge < -0.3 is 21.3 Å². The number of amides is 2. The summed E-state index contributed by atoms with van der Waals surface area (Å²) in [6.45, 7) is 3.30. The third-order valence-electron chi connectivity index (χ3n) is 5.76. The van der Waals surface area contributed by atoms with Gasteiger partial charge in [-0.15, -0.1) is 0 Å². The number of nitrogens with zero attached hydrogens (tertiary/aromatic N) is 2. The van der Waals surface area contributed by atoms with Crippen molar-refractivity contribution in [1.29, 1.82) is 0 Å². The van der Waals surface area contributed by atoms with Crippen molar-refractivity contribution in [3.05, 3.63) is 65.9 Å². The molecule has 1 aromatic heterocycles. The molecule has 0 spiro atoms. The molecule has 1 aliphatic rings. The summed E-state index contributed by atoms with van der Waals surface area (Å²) >= 11 is 0. The van der Waals surface area contributed by atoms with Gasteiger partial charge in [0.05, 0.1) is 12.2 Å². The number of aromatic nitrogens is 2. The number of hydrogen-bond acceptors (Lipinski definition) is 5. The topological polar surface area (TPSA) is 116 Å². The number of carbonyl (C=O) groups excluding carboxylic acids is 2. The summed E-state index contributed by atoms with van der Waals surface area (Å²) in [5, 5.41) is 13.2. The molecule has 0 radical (unpaired) electrons. The van der Waals surface area contributed by atoms with E-state index in [1.807, 2.05) is 55.5 Å². The number of rotatable bonds is 6. The molecule has 2 heterocycles. The molecular formula is C24H28N6O2. The highest BCUT2D eigenvalue weighted by atomic mass is 16.2. The second-order valence-corrected chi connectivity index (χ2v) is 8.09. The van der Waals surface area contributed by atoms with Gasteiger partial charge in [-0.1, -0.05) is 36.4 Å². The van der Waals surface area contributed by atoms with Gasteiger partial charge in [-0.05, 0) is 49.1 Å². The van der Waals surface area contributed by atoms with E-state index in [4.69, 9.17) is 5.73 Å². The zero-order valence-electron chi connectivity index (χ0n) is 18.1. The van der Waals surface area contributed by atoms with Crippen molar-refractivity contribution in [3.8, 4) is 11.3 Å². The Bertz CT molecular complexity index is 1090. The first-order chi connectivity index (χ1) is 15.5. The van der Waals surface area contributed by atoms with Gasteiger partial charge in [-0.2, -0.15) is 5.10 Å². The molecule has 0 aliphatic carbocycles. The molecule has 0 bridgehead atoms. The Morgan fingerprint density at radius 3 is 2.62 bits per heavy atom. The number of nitrogens with two attached hydrogens (primary N) is 1. The van der Waals surface area contributed by atoms with Crippen LogP contribution in [0.25, 0.3) is 11.3 Å². The molecule has 3 aromatic rings. The average molecular weight is 433 g/mol. The van der Waals surface area contributed by atoms with E-state index in [-0.39, 0.29) is 30.1 Å². The van der Waals surface area contributed by atoms with E-state index in [9.17, 15) is 9.59 Å². The molecule has 0 unspecified atom stereocenters. The highest BCUT2D eigenvalue weighted by Crippen LogP contribution is 2.22. The molecule has 166 valence electrons. The smallest absolute Gasteiger partial charge is 0.272 e. The number of likely N-dealkylation sites (tertiary alicyclic amines) is 1. The van der Waals surface area contributed by atoms with Gasteiger partial charge in [0.25, 0.3) is 5.91 Å². The van der Waals surface area contributed by atoms with Crippen molar-refractivity contribution in [3.63, 3.8) is 0 Å². The highest BCUT2D eigenvalue weighted by molar-refractivity contribution is 5.95. The Labute approximate surface area is 187 Å². The lowest BCUT2D eigenvalue weighted by Crippen LogP contribution is -2.46. The van der Waals surface area contributed by atoms with E-state index in [2.05, 4.69) is 20.8 Å². The largest absolute Gasteiger partial charge is 0.399 e.